The molecule has 0 saturated heterocycles. The predicted molar refractivity (Wildman–Crippen MR) is 342 cm³/mol. The summed E-state index contributed by atoms with van der Waals surface area (Å²) in [4.78, 5) is 5.34. The van der Waals surface area contributed by atoms with E-state index < -0.39 is 8.07 Å². The summed E-state index contributed by atoms with van der Waals surface area (Å²) in [5, 5.41) is 10.9. The molecule has 0 atom stereocenters. The van der Waals surface area contributed by atoms with Crippen molar-refractivity contribution in [2.24, 2.45) is 0 Å². The van der Waals surface area contributed by atoms with Gasteiger partial charge in [0.2, 0.25) is 6.71 Å². The van der Waals surface area contributed by atoms with Gasteiger partial charge in [-0.1, -0.05) is 247 Å². The Hall–Kier alpha value is -8.35. The van der Waals surface area contributed by atoms with Gasteiger partial charge in [0.25, 0.3) is 0 Å². The first-order chi connectivity index (χ1) is 38.4. The molecule has 0 unspecified atom stereocenters. The minimum Gasteiger partial charge on any atom is -0.311 e. The minimum absolute atomic E-state index is 0.0285. The van der Waals surface area contributed by atoms with Crippen LogP contribution in [0.25, 0.3) is 71.5 Å². The molecule has 11 aromatic carbocycles. The number of fused-ring (bicyclic) bond motifs is 13. The molecule has 79 heavy (non-hydrogen) atoms. The molecule has 5 heteroatoms. The molecule has 0 aliphatic carbocycles. The third kappa shape index (κ3) is 6.67. The number of rotatable bonds is 5. The van der Waals surface area contributed by atoms with Gasteiger partial charge in [-0.15, -0.1) is 0 Å². The maximum absolute atomic E-state index is 2.88. The summed E-state index contributed by atoms with van der Waals surface area (Å²) in [6, 6.07) is 91.7. The third-order valence-corrected chi connectivity index (χ3v) is 24.0. The monoisotopic (exact) mass is 1040 g/mol. The summed E-state index contributed by atoms with van der Waals surface area (Å²) in [7, 11) is -2.88. The highest BCUT2D eigenvalue weighted by atomic mass is 32.2. The van der Waals surface area contributed by atoms with Crippen molar-refractivity contribution >= 4 is 119 Å². The Bertz CT molecular complexity index is 4620. The fourth-order valence-electron chi connectivity index (χ4n) is 14.2. The van der Waals surface area contributed by atoms with Gasteiger partial charge in [-0.3, -0.25) is 0 Å². The predicted octanol–water partition coefficient (Wildman–Crippen LogP) is 14.9. The number of para-hydroxylation sites is 2. The maximum atomic E-state index is 2.73. The van der Waals surface area contributed by atoms with Crippen LogP contribution in [0.5, 0.6) is 0 Å². The summed E-state index contributed by atoms with van der Waals surface area (Å²) in [6.07, 6.45) is 0. The van der Waals surface area contributed by atoms with E-state index in [1.165, 1.54) is 147 Å². The maximum Gasteiger partial charge on any atom is 0.249 e. The molecule has 0 fully saturated rings. The third-order valence-electron chi connectivity index (χ3n) is 18.0. The molecule has 3 aliphatic rings. The Labute approximate surface area is 468 Å². The van der Waals surface area contributed by atoms with Crippen LogP contribution in [0.2, 0.25) is 0 Å². The standard InChI is InChI=1S/C74H57BN2SSi/c1-73(2,3)49-34-37-63(58(42-49)46-21-10-7-11-22-46)76-65-44-59-55-28-17-19-32-69(55)79(51-23-12-8-13-24-51,52-25-14-9-15-26-52)70(59)45-60(65)75-61-43-50(74(4,5)6)35-38-67(61)78-68-41-48(40-66(76)71(68)75)47-33-36-54-57-30-20-29-56-53-27-16-18-31-62(53)77(72(56)57)64(54)39-47/h7-45H,1-6H3. The molecule has 5 heterocycles. The van der Waals surface area contributed by atoms with Crippen molar-refractivity contribution in [3.8, 4) is 33.4 Å². The zero-order chi connectivity index (χ0) is 53.1. The number of hydrogen-bond donors (Lipinski definition) is 0. The van der Waals surface area contributed by atoms with Crippen LogP contribution in [-0.4, -0.2) is 19.2 Å². The summed E-state index contributed by atoms with van der Waals surface area (Å²) in [5.74, 6) is 0. The molecule has 13 aromatic rings. The van der Waals surface area contributed by atoms with Crippen molar-refractivity contribution in [2.45, 2.75) is 62.2 Å². The van der Waals surface area contributed by atoms with Gasteiger partial charge in [-0.05, 0) is 130 Å². The topological polar surface area (TPSA) is 7.65 Å². The number of anilines is 3. The van der Waals surface area contributed by atoms with E-state index in [0.29, 0.717) is 0 Å². The smallest absolute Gasteiger partial charge is 0.249 e. The fraction of sp³-hybridized carbons (Fsp3) is 0.108. The zero-order valence-electron chi connectivity index (χ0n) is 45.4. The van der Waals surface area contributed by atoms with E-state index >= 15 is 0 Å². The van der Waals surface area contributed by atoms with Crippen LogP contribution >= 0.6 is 11.8 Å². The molecular formula is C74H57BN2SSi. The average molecular weight is 1050 g/mol. The highest BCUT2D eigenvalue weighted by molar-refractivity contribution is 8.00. The average Bonchev–Trinajstić information content (AvgIpc) is 2.90. The molecule has 2 aromatic heterocycles. The normalized spacial score (nSPS) is 14.2. The molecule has 0 N–H and O–H groups in total. The van der Waals surface area contributed by atoms with Gasteiger partial charge in [0, 0.05) is 48.3 Å². The summed E-state index contributed by atoms with van der Waals surface area (Å²) in [6.45, 7) is 14.1. The minimum atomic E-state index is -2.88. The molecule has 0 spiro atoms. The lowest BCUT2D eigenvalue weighted by Crippen LogP contribution is -2.73. The van der Waals surface area contributed by atoms with E-state index in [1.54, 1.807) is 0 Å². The van der Waals surface area contributed by atoms with Crippen molar-refractivity contribution in [3.63, 3.8) is 0 Å². The first-order valence-corrected chi connectivity index (χ1v) is 30.8. The number of aromatic nitrogens is 1. The van der Waals surface area contributed by atoms with Crippen molar-refractivity contribution in [1.82, 2.24) is 4.40 Å². The number of benzene rings is 11. The van der Waals surface area contributed by atoms with Gasteiger partial charge in [-0.25, -0.2) is 0 Å². The summed E-state index contributed by atoms with van der Waals surface area (Å²) in [5.41, 5.74) is 21.7. The second-order valence-electron chi connectivity index (χ2n) is 24.4. The zero-order valence-corrected chi connectivity index (χ0v) is 47.2. The van der Waals surface area contributed by atoms with Gasteiger partial charge in [0.15, 0.2) is 8.07 Å². The van der Waals surface area contributed by atoms with Crippen LogP contribution in [-0.2, 0) is 10.8 Å². The van der Waals surface area contributed by atoms with Crippen LogP contribution in [0.1, 0.15) is 52.7 Å². The SMILES string of the molecule is CC(C)(C)c1ccc2c(c1)B1c3cc4c(cc3N(c3ccc(C(C)(C)C)cc3-c3ccccc3)c3cc(-c5ccc6c7cccc8c9ccccc9n(c6c5)c87)cc(c31)S2)-c1ccccc1[Si]4(c1ccccc1)c1ccccc1. The van der Waals surface area contributed by atoms with Crippen LogP contribution in [0.4, 0.5) is 17.1 Å². The van der Waals surface area contributed by atoms with Gasteiger partial charge in [-0.2, -0.15) is 0 Å². The second kappa shape index (κ2) is 16.8. The fourth-order valence-corrected chi connectivity index (χ4v) is 20.6. The molecule has 376 valence electrons. The Morgan fingerprint density at radius 2 is 1.01 bits per heavy atom. The van der Waals surface area contributed by atoms with Crippen LogP contribution in [0, 0.1) is 0 Å². The van der Waals surface area contributed by atoms with E-state index in [0.717, 1.165) is 0 Å². The van der Waals surface area contributed by atoms with E-state index in [9.17, 15) is 0 Å². The Kier molecular flexibility index (Phi) is 9.95. The lowest BCUT2D eigenvalue weighted by Gasteiger charge is -2.42. The molecule has 0 saturated carbocycles. The Morgan fingerprint density at radius 1 is 0.380 bits per heavy atom. The molecule has 0 amide bonds. The van der Waals surface area contributed by atoms with Crippen molar-refractivity contribution < 1.29 is 0 Å². The highest BCUT2D eigenvalue weighted by Gasteiger charge is 2.51. The molecular weight excluding hydrogens is 988 g/mol. The highest BCUT2D eigenvalue weighted by Crippen LogP contribution is 2.49. The molecule has 2 nitrogen and oxygen atoms in total. The lowest BCUT2D eigenvalue weighted by atomic mass is 9.34. The second-order valence-corrected chi connectivity index (χ2v) is 29.2. The van der Waals surface area contributed by atoms with E-state index in [1.807, 2.05) is 11.8 Å². The van der Waals surface area contributed by atoms with Crippen molar-refractivity contribution in [3.05, 3.63) is 248 Å². The Morgan fingerprint density at radius 3 is 1.75 bits per heavy atom. The number of hydrogen-bond acceptors (Lipinski definition) is 2. The molecule has 16 rings (SSSR count). The Balaban J connectivity index is 1.04. The first-order valence-electron chi connectivity index (χ1n) is 28.0. The first kappa shape index (κ1) is 46.7. The van der Waals surface area contributed by atoms with Crippen LogP contribution in [0.15, 0.2) is 246 Å². The van der Waals surface area contributed by atoms with E-state index in [2.05, 4.69) is 287 Å². The van der Waals surface area contributed by atoms with Gasteiger partial charge < -0.3 is 9.30 Å². The van der Waals surface area contributed by atoms with Gasteiger partial charge in [0.05, 0.1) is 22.2 Å². The molecule has 3 aliphatic heterocycles. The van der Waals surface area contributed by atoms with E-state index in [-0.39, 0.29) is 17.5 Å². The van der Waals surface area contributed by atoms with Gasteiger partial charge >= 0.3 is 0 Å². The summed E-state index contributed by atoms with van der Waals surface area (Å²) < 4.78 is 2.52. The van der Waals surface area contributed by atoms with Gasteiger partial charge in [0.1, 0.15) is 0 Å². The van der Waals surface area contributed by atoms with Crippen molar-refractivity contribution in [2.75, 3.05) is 4.90 Å². The quantitative estimate of drug-likeness (QED) is 0.159. The van der Waals surface area contributed by atoms with Crippen LogP contribution < -0.4 is 42.0 Å². The largest absolute Gasteiger partial charge is 0.311 e. The number of nitrogens with zero attached hydrogens (tertiary/aromatic N) is 2. The van der Waals surface area contributed by atoms with Crippen molar-refractivity contribution in [1.29, 1.82) is 0 Å². The molecule has 0 radical (unpaired) electrons. The molecule has 0 bridgehead atoms. The lowest BCUT2D eigenvalue weighted by molar-refractivity contribution is 0.590. The van der Waals surface area contributed by atoms with E-state index in [4.69, 9.17) is 0 Å². The van der Waals surface area contributed by atoms with Crippen LogP contribution in [0.3, 0.4) is 0 Å². The summed E-state index contributed by atoms with van der Waals surface area (Å²) >= 11 is 1.96.